The smallest absolute Gasteiger partial charge is 0.0441 e. The second kappa shape index (κ2) is 5.41. The van der Waals surface area contributed by atoms with Crippen molar-refractivity contribution in [2.75, 3.05) is 5.32 Å². The van der Waals surface area contributed by atoms with Gasteiger partial charge < -0.3 is 5.32 Å². The predicted molar refractivity (Wildman–Crippen MR) is 59.0 cm³/mol. The van der Waals surface area contributed by atoms with Crippen LogP contribution in [0.25, 0.3) is 0 Å². The number of allylic oxidation sites excluding steroid dienone is 1. The number of hydrogen-bond acceptors (Lipinski definition) is 1. The molecule has 1 N–H and O–H groups in total. The van der Waals surface area contributed by atoms with E-state index in [1.807, 2.05) is 18.2 Å². The van der Waals surface area contributed by atoms with Crippen molar-refractivity contribution in [1.29, 1.82) is 0 Å². The van der Waals surface area contributed by atoms with Crippen LogP contribution in [0.4, 0.5) is 5.69 Å². The number of benzene rings is 1. The quantitative estimate of drug-likeness (QED) is 0.691. The largest absolute Gasteiger partial charge is 0.379 e. The van der Waals surface area contributed by atoms with Crippen molar-refractivity contribution in [3.05, 3.63) is 42.5 Å². The fraction of sp³-hybridized carbons (Fsp3) is 0.333. The molecule has 0 aliphatic heterocycles. The third kappa shape index (κ3) is 3.32. The van der Waals surface area contributed by atoms with Gasteiger partial charge >= 0.3 is 0 Å². The Kier molecular flexibility index (Phi) is 4.10. The van der Waals surface area contributed by atoms with E-state index in [0.29, 0.717) is 6.04 Å². The van der Waals surface area contributed by atoms with Gasteiger partial charge in [-0.3, -0.25) is 0 Å². The van der Waals surface area contributed by atoms with Crippen LogP contribution in [-0.2, 0) is 0 Å². The van der Waals surface area contributed by atoms with Crippen molar-refractivity contribution in [3.63, 3.8) is 0 Å². The molecule has 13 heavy (non-hydrogen) atoms. The lowest BCUT2D eigenvalue weighted by atomic mass is 10.2. The standard InChI is InChI=1S/C12H17N/c1-3-8-11(4-2)13-12-9-6-5-7-10-12/h3,5-11,13H,4H2,1-2H3/b8-3-. The van der Waals surface area contributed by atoms with Gasteiger partial charge in [-0.1, -0.05) is 37.3 Å². The maximum absolute atomic E-state index is 3.44. The van der Waals surface area contributed by atoms with Gasteiger partial charge in [0.2, 0.25) is 0 Å². The van der Waals surface area contributed by atoms with Crippen molar-refractivity contribution in [3.8, 4) is 0 Å². The zero-order valence-corrected chi connectivity index (χ0v) is 8.33. The predicted octanol–water partition coefficient (Wildman–Crippen LogP) is 3.45. The highest BCUT2D eigenvalue weighted by molar-refractivity contribution is 5.44. The molecular weight excluding hydrogens is 158 g/mol. The average Bonchev–Trinajstić information content (AvgIpc) is 2.19. The van der Waals surface area contributed by atoms with Gasteiger partial charge in [0.05, 0.1) is 0 Å². The molecule has 0 aromatic heterocycles. The number of rotatable bonds is 4. The summed E-state index contributed by atoms with van der Waals surface area (Å²) in [6.07, 6.45) is 5.39. The zero-order valence-electron chi connectivity index (χ0n) is 8.33. The second-order valence-electron chi connectivity index (χ2n) is 3.05. The van der Waals surface area contributed by atoms with Gasteiger partial charge in [-0.2, -0.15) is 0 Å². The molecule has 0 aliphatic carbocycles. The van der Waals surface area contributed by atoms with E-state index in [2.05, 4.69) is 43.4 Å². The van der Waals surface area contributed by atoms with Crippen LogP contribution in [0.2, 0.25) is 0 Å². The lowest BCUT2D eigenvalue weighted by Gasteiger charge is -2.13. The Balaban J connectivity index is 2.56. The molecule has 0 aliphatic rings. The first kappa shape index (κ1) is 9.85. The molecule has 0 fully saturated rings. The topological polar surface area (TPSA) is 12.0 Å². The van der Waals surface area contributed by atoms with Crippen LogP contribution in [-0.4, -0.2) is 6.04 Å². The lowest BCUT2D eigenvalue weighted by molar-refractivity contribution is 0.832. The molecule has 1 aromatic carbocycles. The minimum atomic E-state index is 0.451. The Hall–Kier alpha value is -1.24. The molecular formula is C12H17N. The van der Waals surface area contributed by atoms with Crippen LogP contribution in [0.3, 0.4) is 0 Å². The maximum Gasteiger partial charge on any atom is 0.0441 e. The van der Waals surface area contributed by atoms with E-state index in [4.69, 9.17) is 0 Å². The highest BCUT2D eigenvalue weighted by atomic mass is 14.9. The molecule has 0 radical (unpaired) electrons. The van der Waals surface area contributed by atoms with Crippen LogP contribution in [0.15, 0.2) is 42.5 Å². The Morgan fingerprint density at radius 1 is 1.31 bits per heavy atom. The Labute approximate surface area is 80.5 Å². The highest BCUT2D eigenvalue weighted by Crippen LogP contribution is 2.09. The van der Waals surface area contributed by atoms with E-state index in [0.717, 1.165) is 6.42 Å². The van der Waals surface area contributed by atoms with Crippen molar-refractivity contribution >= 4 is 5.69 Å². The summed E-state index contributed by atoms with van der Waals surface area (Å²) in [5.41, 5.74) is 1.19. The van der Waals surface area contributed by atoms with Crippen LogP contribution in [0, 0.1) is 0 Å². The summed E-state index contributed by atoms with van der Waals surface area (Å²) < 4.78 is 0. The molecule has 70 valence electrons. The van der Waals surface area contributed by atoms with E-state index in [1.54, 1.807) is 0 Å². The summed E-state index contributed by atoms with van der Waals surface area (Å²) in [7, 11) is 0. The summed E-state index contributed by atoms with van der Waals surface area (Å²) in [6, 6.07) is 10.8. The zero-order chi connectivity index (χ0) is 9.52. The van der Waals surface area contributed by atoms with E-state index in [1.165, 1.54) is 5.69 Å². The van der Waals surface area contributed by atoms with Crippen LogP contribution in [0.5, 0.6) is 0 Å². The average molecular weight is 175 g/mol. The van der Waals surface area contributed by atoms with Gasteiger partial charge in [-0.15, -0.1) is 0 Å². The van der Waals surface area contributed by atoms with E-state index in [-0.39, 0.29) is 0 Å². The fourth-order valence-electron chi connectivity index (χ4n) is 1.27. The first-order chi connectivity index (χ1) is 6.36. The van der Waals surface area contributed by atoms with E-state index >= 15 is 0 Å². The molecule has 0 amide bonds. The number of hydrogen-bond donors (Lipinski definition) is 1. The van der Waals surface area contributed by atoms with Gasteiger partial charge in [0.15, 0.2) is 0 Å². The Morgan fingerprint density at radius 3 is 2.54 bits per heavy atom. The Morgan fingerprint density at radius 2 is 2.00 bits per heavy atom. The fourth-order valence-corrected chi connectivity index (χ4v) is 1.27. The normalized spacial score (nSPS) is 13.1. The Bertz CT molecular complexity index is 251. The minimum Gasteiger partial charge on any atom is -0.379 e. The van der Waals surface area contributed by atoms with Crippen LogP contribution in [0.1, 0.15) is 20.3 Å². The highest BCUT2D eigenvalue weighted by Gasteiger charge is 1.99. The van der Waals surface area contributed by atoms with E-state index < -0.39 is 0 Å². The van der Waals surface area contributed by atoms with Crippen LogP contribution < -0.4 is 5.32 Å². The molecule has 1 atom stereocenters. The summed E-state index contributed by atoms with van der Waals surface area (Å²) >= 11 is 0. The molecule has 0 saturated carbocycles. The summed E-state index contributed by atoms with van der Waals surface area (Å²) in [6.45, 7) is 4.23. The third-order valence-electron chi connectivity index (χ3n) is 1.99. The molecule has 1 heteroatoms. The van der Waals surface area contributed by atoms with Gasteiger partial charge in [-0.25, -0.2) is 0 Å². The first-order valence-corrected chi connectivity index (χ1v) is 4.81. The van der Waals surface area contributed by atoms with Crippen molar-refractivity contribution in [2.24, 2.45) is 0 Å². The van der Waals surface area contributed by atoms with Gasteiger partial charge in [0.25, 0.3) is 0 Å². The molecule has 1 rings (SSSR count). The molecule has 0 bridgehead atoms. The SMILES string of the molecule is C/C=C\C(CC)Nc1ccccc1. The maximum atomic E-state index is 3.44. The molecule has 1 aromatic rings. The molecule has 1 unspecified atom stereocenters. The monoisotopic (exact) mass is 175 g/mol. The summed E-state index contributed by atoms with van der Waals surface area (Å²) in [5.74, 6) is 0. The van der Waals surface area contributed by atoms with Crippen LogP contribution >= 0.6 is 0 Å². The van der Waals surface area contributed by atoms with E-state index in [9.17, 15) is 0 Å². The first-order valence-electron chi connectivity index (χ1n) is 4.81. The number of nitrogens with one attached hydrogen (secondary N) is 1. The number of para-hydroxylation sites is 1. The molecule has 1 nitrogen and oxygen atoms in total. The van der Waals surface area contributed by atoms with Gasteiger partial charge in [-0.05, 0) is 25.5 Å². The number of anilines is 1. The van der Waals surface area contributed by atoms with Gasteiger partial charge in [0, 0.05) is 11.7 Å². The van der Waals surface area contributed by atoms with Gasteiger partial charge in [0.1, 0.15) is 0 Å². The summed E-state index contributed by atoms with van der Waals surface area (Å²) in [4.78, 5) is 0. The molecule has 0 heterocycles. The molecule has 0 spiro atoms. The minimum absolute atomic E-state index is 0.451. The molecule has 0 saturated heterocycles. The van der Waals surface area contributed by atoms with Crippen molar-refractivity contribution < 1.29 is 0 Å². The van der Waals surface area contributed by atoms with Crippen molar-refractivity contribution in [2.45, 2.75) is 26.3 Å². The third-order valence-corrected chi connectivity index (χ3v) is 1.99. The van der Waals surface area contributed by atoms with Crippen molar-refractivity contribution in [1.82, 2.24) is 0 Å². The summed E-state index contributed by atoms with van der Waals surface area (Å²) in [5, 5.41) is 3.44. The lowest BCUT2D eigenvalue weighted by Crippen LogP contribution is -2.14. The second-order valence-corrected chi connectivity index (χ2v) is 3.05.